The van der Waals surface area contributed by atoms with Gasteiger partial charge in [0.25, 0.3) is 0 Å². The van der Waals surface area contributed by atoms with Gasteiger partial charge in [-0.25, -0.2) is 0 Å². The number of nitrogens with zero attached hydrogens (tertiary/aromatic N) is 1. The molecule has 1 heterocycles. The minimum Gasteiger partial charge on any atom is -0.306 e. The molecule has 2 aliphatic rings. The normalized spacial score (nSPS) is 36.5. The van der Waals surface area contributed by atoms with Crippen molar-refractivity contribution in [2.75, 3.05) is 20.1 Å². The van der Waals surface area contributed by atoms with Crippen molar-refractivity contribution in [3.63, 3.8) is 0 Å². The minimum atomic E-state index is 0.506. The lowest BCUT2D eigenvalue weighted by Crippen LogP contribution is -2.39. The summed E-state index contributed by atoms with van der Waals surface area (Å²) in [5.41, 5.74) is 3.44. The van der Waals surface area contributed by atoms with Crippen LogP contribution in [0.15, 0.2) is 24.3 Å². The minimum absolute atomic E-state index is 0.506. The Bertz CT molecular complexity index is 360. The average molecular weight is 261 g/mol. The van der Waals surface area contributed by atoms with E-state index in [1.165, 1.54) is 43.5 Å². The van der Waals surface area contributed by atoms with Gasteiger partial charge in [-0.15, -0.1) is 0 Å². The maximum Gasteiger partial charge on any atom is -0.00166 e. The number of allylic oxidation sites excluding steroid dienone is 2. The van der Waals surface area contributed by atoms with Crippen LogP contribution in [0.5, 0.6) is 0 Å². The Morgan fingerprint density at radius 1 is 1.21 bits per heavy atom. The summed E-state index contributed by atoms with van der Waals surface area (Å²) >= 11 is 0. The molecule has 2 rings (SSSR count). The lowest BCUT2D eigenvalue weighted by molar-refractivity contribution is 0.104. The third-order valence-electron chi connectivity index (χ3n) is 5.83. The SMILES string of the molecule is C=C1CC(C)C(=C)C(CC2(C)CCN(C)CC2)C1C. The molecule has 2 fully saturated rings. The quantitative estimate of drug-likeness (QED) is 0.661. The molecule has 1 saturated carbocycles. The van der Waals surface area contributed by atoms with Gasteiger partial charge in [-0.05, 0) is 69.0 Å². The summed E-state index contributed by atoms with van der Waals surface area (Å²) in [5, 5.41) is 0. The molecular formula is C18H31N. The molecule has 0 aromatic heterocycles. The van der Waals surface area contributed by atoms with Crippen molar-refractivity contribution in [1.29, 1.82) is 0 Å². The van der Waals surface area contributed by atoms with E-state index >= 15 is 0 Å². The van der Waals surface area contributed by atoms with Gasteiger partial charge < -0.3 is 4.90 Å². The zero-order chi connectivity index (χ0) is 14.2. The Labute approximate surface area is 119 Å². The Kier molecular flexibility index (Phi) is 4.25. The Morgan fingerprint density at radius 3 is 2.37 bits per heavy atom. The van der Waals surface area contributed by atoms with E-state index in [-0.39, 0.29) is 0 Å². The van der Waals surface area contributed by atoms with Gasteiger partial charge in [0, 0.05) is 0 Å². The largest absolute Gasteiger partial charge is 0.306 e. The maximum absolute atomic E-state index is 4.42. The molecular weight excluding hydrogens is 230 g/mol. The molecule has 0 N–H and O–H groups in total. The topological polar surface area (TPSA) is 3.24 Å². The van der Waals surface area contributed by atoms with Gasteiger partial charge in [0.15, 0.2) is 0 Å². The number of piperidine rings is 1. The first-order chi connectivity index (χ1) is 8.82. The highest BCUT2D eigenvalue weighted by atomic mass is 15.1. The van der Waals surface area contributed by atoms with Crippen molar-refractivity contribution in [2.45, 2.75) is 46.5 Å². The molecule has 1 aliphatic carbocycles. The van der Waals surface area contributed by atoms with E-state index in [2.05, 4.69) is 45.9 Å². The van der Waals surface area contributed by atoms with E-state index in [1.807, 2.05) is 0 Å². The van der Waals surface area contributed by atoms with Crippen LogP contribution in [0.25, 0.3) is 0 Å². The molecule has 0 aromatic rings. The van der Waals surface area contributed by atoms with Gasteiger partial charge in [-0.1, -0.05) is 45.1 Å². The second-order valence-electron chi connectivity index (χ2n) is 7.55. The smallest absolute Gasteiger partial charge is 0.00166 e. The van der Waals surface area contributed by atoms with Crippen LogP contribution in [0, 0.1) is 23.2 Å². The van der Waals surface area contributed by atoms with E-state index in [0.717, 1.165) is 6.42 Å². The highest BCUT2D eigenvalue weighted by molar-refractivity contribution is 5.21. The summed E-state index contributed by atoms with van der Waals surface area (Å²) in [5.74, 6) is 1.91. The summed E-state index contributed by atoms with van der Waals surface area (Å²) < 4.78 is 0. The predicted octanol–water partition coefficient (Wildman–Crippen LogP) is 4.51. The van der Waals surface area contributed by atoms with Gasteiger partial charge >= 0.3 is 0 Å². The van der Waals surface area contributed by atoms with Crippen molar-refractivity contribution in [3.8, 4) is 0 Å². The molecule has 0 radical (unpaired) electrons. The van der Waals surface area contributed by atoms with Crippen molar-refractivity contribution < 1.29 is 0 Å². The lowest BCUT2D eigenvalue weighted by atomic mass is 9.63. The summed E-state index contributed by atoms with van der Waals surface area (Å²) in [6.45, 7) is 18.4. The molecule has 1 nitrogen and oxygen atoms in total. The zero-order valence-electron chi connectivity index (χ0n) is 13.3. The average Bonchev–Trinajstić information content (AvgIpc) is 2.36. The van der Waals surface area contributed by atoms with Crippen molar-refractivity contribution in [3.05, 3.63) is 24.3 Å². The lowest BCUT2D eigenvalue weighted by Gasteiger charge is -2.45. The van der Waals surface area contributed by atoms with Crippen LogP contribution in [0.3, 0.4) is 0 Å². The highest BCUT2D eigenvalue weighted by Gasteiger charge is 2.38. The van der Waals surface area contributed by atoms with E-state index < -0.39 is 0 Å². The van der Waals surface area contributed by atoms with Gasteiger partial charge in [-0.3, -0.25) is 0 Å². The van der Waals surface area contributed by atoms with Crippen LogP contribution in [0.1, 0.15) is 46.5 Å². The monoisotopic (exact) mass is 261 g/mol. The van der Waals surface area contributed by atoms with E-state index in [0.29, 0.717) is 23.2 Å². The predicted molar refractivity (Wildman–Crippen MR) is 84.2 cm³/mol. The highest BCUT2D eigenvalue weighted by Crippen LogP contribution is 2.47. The summed E-state index contributed by atoms with van der Waals surface area (Å²) in [7, 11) is 2.24. The second kappa shape index (κ2) is 5.44. The third kappa shape index (κ3) is 3.13. The Balaban J connectivity index is 2.07. The Morgan fingerprint density at radius 2 is 1.79 bits per heavy atom. The van der Waals surface area contributed by atoms with Crippen LogP contribution in [-0.2, 0) is 0 Å². The fourth-order valence-electron chi connectivity index (χ4n) is 3.88. The van der Waals surface area contributed by atoms with Crippen molar-refractivity contribution in [1.82, 2.24) is 4.90 Å². The van der Waals surface area contributed by atoms with Gasteiger partial charge in [0.2, 0.25) is 0 Å². The standard InChI is InChI=1S/C18H31N/c1-13-11-14(2)16(4)17(15(13)3)12-18(5)7-9-19(6)10-8-18/h14-15,17H,1,4,7-12H2,2-3,5-6H3. The van der Waals surface area contributed by atoms with Gasteiger partial charge in [0.1, 0.15) is 0 Å². The summed E-state index contributed by atoms with van der Waals surface area (Å²) in [4.78, 5) is 2.46. The number of likely N-dealkylation sites (tertiary alicyclic amines) is 1. The fraction of sp³-hybridized carbons (Fsp3) is 0.778. The Hall–Kier alpha value is -0.560. The van der Waals surface area contributed by atoms with Crippen LogP contribution in [-0.4, -0.2) is 25.0 Å². The van der Waals surface area contributed by atoms with E-state index in [4.69, 9.17) is 0 Å². The van der Waals surface area contributed by atoms with Gasteiger partial charge in [0.05, 0.1) is 0 Å². The molecule has 1 saturated heterocycles. The molecule has 0 spiro atoms. The van der Waals surface area contributed by atoms with Gasteiger partial charge in [-0.2, -0.15) is 0 Å². The summed E-state index contributed by atoms with van der Waals surface area (Å²) in [6.07, 6.45) is 5.13. The maximum atomic E-state index is 4.42. The first-order valence-corrected chi connectivity index (χ1v) is 7.87. The molecule has 0 aromatic carbocycles. The number of rotatable bonds is 2. The molecule has 1 heteroatoms. The molecule has 1 aliphatic heterocycles. The van der Waals surface area contributed by atoms with Crippen LogP contribution in [0.2, 0.25) is 0 Å². The fourth-order valence-corrected chi connectivity index (χ4v) is 3.88. The van der Waals surface area contributed by atoms with Crippen LogP contribution < -0.4 is 0 Å². The molecule has 108 valence electrons. The zero-order valence-corrected chi connectivity index (χ0v) is 13.3. The first-order valence-electron chi connectivity index (χ1n) is 7.87. The third-order valence-corrected chi connectivity index (χ3v) is 5.83. The number of hydrogen-bond acceptors (Lipinski definition) is 1. The second-order valence-corrected chi connectivity index (χ2v) is 7.55. The van der Waals surface area contributed by atoms with E-state index in [1.54, 1.807) is 0 Å². The summed E-state index contributed by atoms with van der Waals surface area (Å²) in [6, 6.07) is 0. The molecule has 0 amide bonds. The number of hydrogen-bond donors (Lipinski definition) is 0. The molecule has 3 unspecified atom stereocenters. The molecule has 3 atom stereocenters. The molecule has 0 bridgehead atoms. The van der Waals surface area contributed by atoms with Crippen LogP contribution >= 0.6 is 0 Å². The van der Waals surface area contributed by atoms with Crippen LogP contribution in [0.4, 0.5) is 0 Å². The van der Waals surface area contributed by atoms with Crippen molar-refractivity contribution >= 4 is 0 Å². The van der Waals surface area contributed by atoms with Crippen molar-refractivity contribution in [2.24, 2.45) is 23.2 Å². The van der Waals surface area contributed by atoms with E-state index in [9.17, 15) is 0 Å². The first kappa shape index (κ1) is 14.8. The molecule has 19 heavy (non-hydrogen) atoms.